The Kier molecular flexibility index (Phi) is 2.54. The van der Waals surface area contributed by atoms with E-state index in [9.17, 15) is 9.59 Å². The Balaban J connectivity index is 2.55. The minimum absolute atomic E-state index is 0.297. The summed E-state index contributed by atoms with van der Waals surface area (Å²) in [6, 6.07) is -0.374. The van der Waals surface area contributed by atoms with Gasteiger partial charge in [-0.1, -0.05) is 12.2 Å². The van der Waals surface area contributed by atoms with E-state index in [-0.39, 0.29) is 6.03 Å². The van der Waals surface area contributed by atoms with Gasteiger partial charge in [-0.2, -0.15) is 0 Å². The van der Waals surface area contributed by atoms with Crippen molar-refractivity contribution in [1.82, 2.24) is 9.47 Å². The number of rotatable bonds is 2. The van der Waals surface area contributed by atoms with Crippen LogP contribution < -0.4 is 0 Å². The third-order valence-corrected chi connectivity index (χ3v) is 3.60. The van der Waals surface area contributed by atoms with Crippen molar-refractivity contribution in [1.29, 1.82) is 0 Å². The van der Waals surface area contributed by atoms with Gasteiger partial charge in [-0.15, -0.1) is 0 Å². The average Bonchev–Trinajstić information content (AvgIpc) is 2.61. The maximum Gasteiger partial charge on any atom is 0.334 e. The molecule has 6 heteroatoms. The van der Waals surface area contributed by atoms with Crippen LogP contribution in [-0.4, -0.2) is 38.1 Å². The van der Waals surface area contributed by atoms with E-state index in [2.05, 4.69) is 0 Å². The van der Waals surface area contributed by atoms with Gasteiger partial charge in [-0.05, 0) is 31.9 Å². The molecule has 0 atom stereocenters. The highest BCUT2D eigenvalue weighted by atomic mass is 32.1. The molecule has 0 saturated carbocycles. The van der Waals surface area contributed by atoms with Gasteiger partial charge in [0, 0.05) is 5.69 Å². The summed E-state index contributed by atoms with van der Waals surface area (Å²) in [7, 11) is 0. The van der Waals surface area contributed by atoms with Crippen LogP contribution in [0.2, 0.25) is 0 Å². The van der Waals surface area contributed by atoms with Crippen molar-refractivity contribution in [3.63, 3.8) is 0 Å². The minimum Gasteiger partial charge on any atom is -0.480 e. The Hall–Kier alpha value is -1.69. The number of amides is 1. The first-order valence-electron chi connectivity index (χ1n) is 5.12. The minimum atomic E-state index is -1.07. The average molecular weight is 252 g/mol. The number of aliphatic carboxylic acids is 1. The van der Waals surface area contributed by atoms with Gasteiger partial charge in [0.05, 0.1) is 5.69 Å². The van der Waals surface area contributed by atoms with Crippen molar-refractivity contribution < 1.29 is 14.7 Å². The molecule has 5 nitrogen and oxygen atoms in total. The molecule has 0 fully saturated rings. The predicted molar refractivity (Wildman–Crippen MR) is 65.5 cm³/mol. The van der Waals surface area contributed by atoms with Gasteiger partial charge < -0.3 is 5.11 Å². The second-order valence-electron chi connectivity index (χ2n) is 4.09. The highest BCUT2D eigenvalue weighted by Gasteiger charge is 2.37. The van der Waals surface area contributed by atoms with Crippen LogP contribution >= 0.6 is 12.2 Å². The van der Waals surface area contributed by atoms with Crippen molar-refractivity contribution in [3.8, 4) is 0 Å². The number of carbonyl (C=O) groups is 2. The lowest BCUT2D eigenvalue weighted by Crippen LogP contribution is -2.35. The van der Waals surface area contributed by atoms with Gasteiger partial charge in [0.1, 0.15) is 11.5 Å². The lowest BCUT2D eigenvalue weighted by Gasteiger charge is -2.13. The molecule has 1 aromatic heterocycles. The molecule has 1 aliphatic rings. The maximum absolute atomic E-state index is 12.1. The fourth-order valence-corrected chi connectivity index (χ4v) is 2.44. The molecule has 0 saturated heterocycles. The number of fused-ring (bicyclic) bond motifs is 1. The third-order valence-electron chi connectivity index (χ3n) is 3.18. The van der Waals surface area contributed by atoms with Crippen LogP contribution in [0.25, 0.3) is 0 Å². The van der Waals surface area contributed by atoms with Gasteiger partial charge in [0.25, 0.3) is 0 Å². The van der Waals surface area contributed by atoms with Gasteiger partial charge in [0.2, 0.25) is 0 Å². The Bertz CT molecular complexity index is 520. The van der Waals surface area contributed by atoms with Crippen molar-refractivity contribution in [2.75, 3.05) is 6.54 Å². The Labute approximate surface area is 104 Å². The van der Waals surface area contributed by atoms with E-state index in [1.54, 1.807) is 0 Å². The molecular formula is C11H12N2O3S. The predicted octanol–water partition coefficient (Wildman–Crippen LogP) is 1.46. The van der Waals surface area contributed by atoms with E-state index >= 15 is 0 Å². The molecule has 1 aromatic rings. The lowest BCUT2D eigenvalue weighted by atomic mass is 10.1. The monoisotopic (exact) mass is 252 g/mol. The number of thiocarbonyl (C=S) groups is 1. The summed E-state index contributed by atoms with van der Waals surface area (Å²) in [5, 5.41) is 8.76. The second kappa shape index (κ2) is 3.66. The third kappa shape index (κ3) is 1.48. The normalized spacial score (nSPS) is 14.4. The largest absolute Gasteiger partial charge is 0.480 e. The van der Waals surface area contributed by atoms with Gasteiger partial charge in [0.15, 0.2) is 0 Å². The number of hydrogen-bond acceptors (Lipinski definition) is 3. The Morgan fingerprint density at radius 2 is 1.88 bits per heavy atom. The fraction of sp³-hybridized carbons (Fsp3) is 0.364. The Morgan fingerprint density at radius 1 is 1.29 bits per heavy atom. The topological polar surface area (TPSA) is 62.5 Å². The summed E-state index contributed by atoms with van der Waals surface area (Å²) in [4.78, 5) is 24.2. The summed E-state index contributed by atoms with van der Waals surface area (Å²) >= 11 is 5.17. The van der Waals surface area contributed by atoms with Gasteiger partial charge >= 0.3 is 12.0 Å². The summed E-state index contributed by atoms with van der Waals surface area (Å²) in [6.45, 7) is 5.25. The highest BCUT2D eigenvalue weighted by molar-refractivity contribution is 7.80. The molecule has 90 valence electrons. The zero-order valence-electron chi connectivity index (χ0n) is 9.77. The van der Waals surface area contributed by atoms with Crippen LogP contribution in [0, 0.1) is 20.8 Å². The number of aromatic nitrogens is 1. The van der Waals surface area contributed by atoms with Crippen LogP contribution in [0.5, 0.6) is 0 Å². The van der Waals surface area contributed by atoms with E-state index in [0.29, 0.717) is 10.7 Å². The fourth-order valence-electron chi connectivity index (χ4n) is 2.06. The molecule has 1 aliphatic heterocycles. The summed E-state index contributed by atoms with van der Waals surface area (Å²) < 4.78 is 1.50. The molecule has 17 heavy (non-hydrogen) atoms. The molecule has 2 rings (SSSR count). The van der Waals surface area contributed by atoms with Crippen molar-refractivity contribution in [3.05, 3.63) is 22.5 Å². The van der Waals surface area contributed by atoms with E-state index in [4.69, 9.17) is 17.3 Å². The van der Waals surface area contributed by atoms with E-state index in [1.807, 2.05) is 20.8 Å². The first-order chi connectivity index (χ1) is 7.86. The number of carboxylic acids is 1. The quantitative estimate of drug-likeness (QED) is 0.809. The maximum atomic E-state index is 12.1. The molecule has 2 heterocycles. The van der Waals surface area contributed by atoms with Crippen LogP contribution in [0.4, 0.5) is 4.79 Å². The molecule has 0 unspecified atom stereocenters. The first kappa shape index (κ1) is 11.8. The Morgan fingerprint density at radius 3 is 2.35 bits per heavy atom. The molecule has 0 aliphatic carbocycles. The molecule has 0 spiro atoms. The van der Waals surface area contributed by atoms with E-state index in [1.165, 1.54) is 4.57 Å². The number of carboxylic acid groups (broad SMARTS) is 1. The van der Waals surface area contributed by atoms with E-state index < -0.39 is 12.5 Å². The standard InChI is InChI=1S/C11H12N2O3S/c1-5-6(2)9-10(17)12(4-8(14)15)11(16)13(9)7(5)3/h4H2,1-3H3,(H,14,15). The highest BCUT2D eigenvalue weighted by Crippen LogP contribution is 2.28. The van der Waals surface area contributed by atoms with E-state index in [0.717, 1.165) is 21.7 Å². The zero-order chi connectivity index (χ0) is 12.9. The van der Waals surface area contributed by atoms with Gasteiger partial charge in [-0.25, -0.2) is 4.79 Å². The van der Waals surface area contributed by atoms with Crippen molar-refractivity contribution in [2.24, 2.45) is 0 Å². The number of hydrogen-bond donors (Lipinski definition) is 1. The summed E-state index contributed by atoms with van der Waals surface area (Å²) in [5.74, 6) is -1.07. The molecule has 0 bridgehead atoms. The van der Waals surface area contributed by atoms with Crippen LogP contribution in [0.15, 0.2) is 0 Å². The molecule has 1 N–H and O–H groups in total. The first-order valence-corrected chi connectivity index (χ1v) is 5.53. The van der Waals surface area contributed by atoms with Crippen molar-refractivity contribution in [2.45, 2.75) is 20.8 Å². The molecule has 1 amide bonds. The van der Waals surface area contributed by atoms with Crippen LogP contribution in [0.1, 0.15) is 22.5 Å². The molecular weight excluding hydrogens is 240 g/mol. The van der Waals surface area contributed by atoms with Crippen LogP contribution in [-0.2, 0) is 4.79 Å². The SMILES string of the molecule is Cc1c(C)c2n(c1C)C(=O)N(CC(=O)O)C2=S. The van der Waals surface area contributed by atoms with Gasteiger partial charge in [-0.3, -0.25) is 14.3 Å². The summed E-state index contributed by atoms with van der Waals surface area (Å²) in [6.07, 6.45) is 0. The number of nitrogens with zero attached hydrogens (tertiary/aromatic N) is 2. The summed E-state index contributed by atoms with van der Waals surface area (Å²) in [5.41, 5.74) is 3.43. The lowest BCUT2D eigenvalue weighted by molar-refractivity contribution is -0.136. The molecule has 0 radical (unpaired) electrons. The number of carbonyl (C=O) groups excluding carboxylic acids is 1. The zero-order valence-corrected chi connectivity index (χ0v) is 10.6. The second-order valence-corrected chi connectivity index (χ2v) is 4.47. The molecule has 0 aromatic carbocycles. The smallest absolute Gasteiger partial charge is 0.334 e. The van der Waals surface area contributed by atoms with Crippen molar-refractivity contribution >= 4 is 29.2 Å². The van der Waals surface area contributed by atoms with Crippen LogP contribution in [0.3, 0.4) is 0 Å².